The van der Waals surface area contributed by atoms with Gasteiger partial charge in [-0.2, -0.15) is 0 Å². The molecule has 1 aromatic carbocycles. The van der Waals surface area contributed by atoms with Crippen molar-refractivity contribution in [3.63, 3.8) is 0 Å². The lowest BCUT2D eigenvalue weighted by molar-refractivity contribution is -0.132. The molecule has 42 heavy (non-hydrogen) atoms. The minimum absolute atomic E-state index is 0.166. The first-order valence-electron chi connectivity index (χ1n) is 13.3. The number of anilines is 2. The molecule has 2 aromatic rings. The van der Waals surface area contributed by atoms with Gasteiger partial charge in [-0.1, -0.05) is 30.4 Å². The number of aryl methyl sites for hydroxylation is 2. The predicted molar refractivity (Wildman–Crippen MR) is 163 cm³/mol. The highest BCUT2D eigenvalue weighted by molar-refractivity contribution is 7.16. The van der Waals surface area contributed by atoms with E-state index in [0.717, 1.165) is 5.56 Å². The number of carbonyl (C=O) groups excluding carboxylic acids is 3. The van der Waals surface area contributed by atoms with Gasteiger partial charge in [0.15, 0.2) is 5.13 Å². The third-order valence-electron chi connectivity index (χ3n) is 5.05. The van der Waals surface area contributed by atoms with Crippen LogP contribution >= 0.6 is 11.3 Å². The van der Waals surface area contributed by atoms with Gasteiger partial charge in [-0.15, -0.1) is 4.99 Å². The summed E-state index contributed by atoms with van der Waals surface area (Å²) in [5.74, 6) is -1.43. The number of alkyl carbamates (subject to hydrolysis) is 1. The maximum Gasteiger partial charge on any atom is 0.437 e. The molecule has 12 nitrogen and oxygen atoms in total. The van der Waals surface area contributed by atoms with Gasteiger partial charge in [-0.3, -0.25) is 10.1 Å². The number of hydrogen-bond donors (Lipinski definition) is 4. The number of rotatable bonds is 8. The molecule has 0 unspecified atom stereocenters. The molecule has 228 valence electrons. The van der Waals surface area contributed by atoms with Crippen molar-refractivity contribution in [1.29, 1.82) is 0 Å². The summed E-state index contributed by atoms with van der Waals surface area (Å²) in [7, 11) is 0. The lowest BCUT2D eigenvalue weighted by Crippen LogP contribution is -2.40. The predicted octanol–water partition coefficient (Wildman–Crippen LogP) is 5.99. The molecule has 1 aromatic heterocycles. The van der Waals surface area contributed by atoms with Gasteiger partial charge in [-0.05, 0) is 84.6 Å². The number of amides is 3. The summed E-state index contributed by atoms with van der Waals surface area (Å²) in [6.07, 6.45) is 1.33. The first kappa shape index (κ1) is 33.9. The quantitative estimate of drug-likeness (QED) is 0.161. The van der Waals surface area contributed by atoms with E-state index in [0.29, 0.717) is 40.7 Å². The molecule has 2 rings (SSSR count). The average molecular weight is 602 g/mol. The lowest BCUT2D eigenvalue weighted by Gasteiger charge is -2.21. The van der Waals surface area contributed by atoms with E-state index in [1.165, 1.54) is 18.3 Å². The Balaban J connectivity index is 2.21. The molecule has 0 spiro atoms. The molecule has 0 atom stereocenters. The van der Waals surface area contributed by atoms with E-state index in [2.05, 4.69) is 25.9 Å². The smallest absolute Gasteiger partial charge is 0.437 e. The fraction of sp³-hybridized carbons (Fsp3) is 0.448. The number of nitrogens with one attached hydrogen (secondary N) is 3. The van der Waals surface area contributed by atoms with Crippen molar-refractivity contribution in [2.24, 2.45) is 4.99 Å². The Hall–Kier alpha value is -4.26. The topological polar surface area (TPSA) is 168 Å². The number of ether oxygens (including phenoxy) is 2. The normalized spacial score (nSPS) is 12.4. The van der Waals surface area contributed by atoms with Gasteiger partial charge in [0.05, 0.1) is 10.6 Å². The number of aliphatic carboxylic acids is 1. The van der Waals surface area contributed by atoms with Crippen molar-refractivity contribution in [3.8, 4) is 0 Å². The average Bonchev–Trinajstić information content (AvgIpc) is 3.19. The van der Waals surface area contributed by atoms with E-state index in [9.17, 15) is 24.3 Å². The Morgan fingerprint density at radius 2 is 1.60 bits per heavy atom. The van der Waals surface area contributed by atoms with Crippen LogP contribution in [0.25, 0.3) is 6.08 Å². The van der Waals surface area contributed by atoms with Crippen LogP contribution in [0, 0.1) is 0 Å². The van der Waals surface area contributed by atoms with Gasteiger partial charge >= 0.3 is 18.2 Å². The van der Waals surface area contributed by atoms with Gasteiger partial charge in [-0.25, -0.2) is 19.4 Å². The van der Waals surface area contributed by atoms with E-state index in [1.807, 2.05) is 12.1 Å². The Labute approximate surface area is 249 Å². The monoisotopic (exact) mass is 601 g/mol. The van der Waals surface area contributed by atoms with E-state index < -0.39 is 29.4 Å². The summed E-state index contributed by atoms with van der Waals surface area (Å²) in [6, 6.07) is 7.21. The molecular formula is C29H39N5O7S. The summed E-state index contributed by atoms with van der Waals surface area (Å²) in [4.78, 5) is 56.7. The van der Waals surface area contributed by atoms with E-state index >= 15 is 0 Å². The number of carbonyl (C=O) groups is 4. The summed E-state index contributed by atoms with van der Waals surface area (Å²) >= 11 is 1.22. The van der Waals surface area contributed by atoms with Crippen molar-refractivity contribution >= 4 is 58.3 Å². The van der Waals surface area contributed by atoms with Crippen molar-refractivity contribution in [1.82, 2.24) is 10.3 Å². The minimum Gasteiger partial charge on any atom is -0.478 e. The largest absolute Gasteiger partial charge is 0.478 e. The third-order valence-corrected chi connectivity index (χ3v) is 6.01. The Kier molecular flexibility index (Phi) is 11.8. The molecule has 4 N–H and O–H groups in total. The fourth-order valence-electron chi connectivity index (χ4n) is 3.35. The maximum absolute atomic E-state index is 12.3. The van der Waals surface area contributed by atoms with Gasteiger partial charge in [0.25, 0.3) is 0 Å². The number of benzene rings is 1. The van der Waals surface area contributed by atoms with Crippen molar-refractivity contribution < 1.29 is 33.8 Å². The standard InChI is InChI=1S/C29H39N5O7S/c1-9-19(23(36)37)16-22-21(32-25(42-22)30-17(2)35)15-12-18-10-13-20(14-11-18)31-24(33-26(38)40-28(3,4)5)34-27(39)41-29(6,7)8/h10-11,13-14,16H,9,12,15H2,1-8H3,(H,36,37)(H,30,32,35)(H2,31,33,34,38,39)/b19-16+. The number of carboxylic acid groups (broad SMARTS) is 1. The van der Waals surface area contributed by atoms with Crippen LogP contribution in [0.3, 0.4) is 0 Å². The van der Waals surface area contributed by atoms with Crippen LogP contribution in [0.2, 0.25) is 0 Å². The molecule has 1 heterocycles. The highest BCUT2D eigenvalue weighted by Crippen LogP contribution is 2.28. The molecule has 0 bridgehead atoms. The third kappa shape index (κ3) is 12.5. The number of aliphatic imine (C=N–C) groups is 1. The zero-order chi connectivity index (χ0) is 31.7. The highest BCUT2D eigenvalue weighted by atomic mass is 32.1. The first-order valence-corrected chi connectivity index (χ1v) is 14.1. The Morgan fingerprint density at radius 3 is 2.12 bits per heavy atom. The van der Waals surface area contributed by atoms with Crippen LogP contribution in [-0.2, 0) is 31.9 Å². The number of nitrogens with zero attached hydrogens (tertiary/aromatic N) is 2. The molecule has 0 saturated carbocycles. The van der Waals surface area contributed by atoms with Gasteiger partial charge < -0.3 is 25.2 Å². The maximum atomic E-state index is 12.3. The zero-order valence-electron chi connectivity index (χ0n) is 25.2. The van der Waals surface area contributed by atoms with Crippen LogP contribution in [0.5, 0.6) is 0 Å². The van der Waals surface area contributed by atoms with Crippen LogP contribution in [0.1, 0.15) is 77.9 Å². The van der Waals surface area contributed by atoms with Gasteiger partial charge in [0.1, 0.15) is 11.2 Å². The zero-order valence-corrected chi connectivity index (χ0v) is 26.0. The van der Waals surface area contributed by atoms with E-state index in [4.69, 9.17) is 9.47 Å². The molecule has 13 heteroatoms. The second-order valence-corrected chi connectivity index (χ2v) is 12.3. The van der Waals surface area contributed by atoms with Crippen molar-refractivity contribution in [2.75, 3.05) is 10.6 Å². The second-order valence-electron chi connectivity index (χ2n) is 11.2. The van der Waals surface area contributed by atoms with Crippen LogP contribution in [0.4, 0.5) is 20.4 Å². The molecule has 0 aliphatic carbocycles. The number of carboxylic acids is 1. The molecule has 0 radical (unpaired) electrons. The van der Waals surface area contributed by atoms with Crippen LogP contribution in [0.15, 0.2) is 34.8 Å². The molecule has 0 aliphatic rings. The molecular weight excluding hydrogens is 562 g/mol. The molecule has 3 amide bonds. The van der Waals surface area contributed by atoms with Crippen molar-refractivity contribution in [3.05, 3.63) is 46.0 Å². The molecule has 0 aliphatic heterocycles. The van der Waals surface area contributed by atoms with Crippen LogP contribution < -0.4 is 16.0 Å². The minimum atomic E-state index is -1.00. The van der Waals surface area contributed by atoms with Crippen molar-refractivity contribution in [2.45, 2.75) is 85.9 Å². The van der Waals surface area contributed by atoms with Gasteiger partial charge in [0.2, 0.25) is 11.9 Å². The number of hydrogen-bond acceptors (Lipinski definition) is 8. The van der Waals surface area contributed by atoms with Crippen LogP contribution in [-0.4, -0.2) is 51.3 Å². The Morgan fingerprint density at radius 1 is 0.976 bits per heavy atom. The second kappa shape index (κ2) is 14.6. The highest BCUT2D eigenvalue weighted by Gasteiger charge is 2.21. The first-order chi connectivity index (χ1) is 19.4. The summed E-state index contributed by atoms with van der Waals surface area (Å²) in [5, 5.41) is 17.9. The lowest BCUT2D eigenvalue weighted by atomic mass is 10.1. The number of aromatic nitrogens is 1. The van der Waals surface area contributed by atoms with Gasteiger partial charge in [0, 0.05) is 18.2 Å². The fourth-order valence-corrected chi connectivity index (χ4v) is 4.38. The number of thiazole rings is 1. The molecule has 0 fully saturated rings. The summed E-state index contributed by atoms with van der Waals surface area (Å²) in [6.45, 7) is 13.4. The van der Waals surface area contributed by atoms with E-state index in [1.54, 1.807) is 66.7 Å². The SMILES string of the molecule is CC/C(=C\c1sc(NC(C)=O)nc1CCc1ccc(NC(=NC(=O)OC(C)(C)C)NC(=O)OC(C)(C)C)cc1)C(=O)O. The van der Waals surface area contributed by atoms with E-state index in [-0.39, 0.29) is 17.4 Å². The summed E-state index contributed by atoms with van der Waals surface area (Å²) < 4.78 is 10.5. The summed E-state index contributed by atoms with van der Waals surface area (Å²) in [5.41, 5.74) is 0.867. The Bertz CT molecular complexity index is 1350. The number of guanidine groups is 1. The molecule has 0 saturated heterocycles.